The molecule has 1 heterocycles. The maximum atomic E-state index is 11.8. The lowest BCUT2D eigenvalue weighted by atomic mass is 10.2. The molecule has 2 aromatic rings. The third-order valence-electron chi connectivity index (χ3n) is 2.54. The predicted octanol–water partition coefficient (Wildman–Crippen LogP) is 3.94. The van der Waals surface area contributed by atoms with E-state index in [2.05, 4.69) is 4.98 Å². The van der Waals surface area contributed by atoms with Crippen molar-refractivity contribution >= 4 is 34.9 Å². The molecule has 0 saturated carbocycles. The summed E-state index contributed by atoms with van der Waals surface area (Å²) in [7, 11) is 0. The number of hydrogen-bond acceptors (Lipinski definition) is 5. The highest BCUT2D eigenvalue weighted by atomic mass is 35.5. The number of rotatable bonds is 4. The van der Waals surface area contributed by atoms with E-state index in [1.165, 1.54) is 12.3 Å². The molecule has 0 aliphatic carbocycles. The molecule has 0 atom stereocenters. The van der Waals surface area contributed by atoms with Crippen LogP contribution in [-0.4, -0.2) is 17.6 Å². The molecule has 2 N–H and O–H groups in total. The standard InChI is InChI=1S/C14H12Cl2N2O3/c1-2-20-14(19)8-6-12(18-7-10(8)17)21-11-5-3-4-9(15)13(11)16/h3-7H,2,17H2,1H3. The molecule has 0 aliphatic heterocycles. The smallest absolute Gasteiger partial charge is 0.340 e. The average Bonchev–Trinajstić information content (AvgIpc) is 2.46. The van der Waals surface area contributed by atoms with Gasteiger partial charge in [-0.25, -0.2) is 9.78 Å². The lowest BCUT2D eigenvalue weighted by molar-refractivity contribution is 0.0527. The Labute approximate surface area is 131 Å². The second-order valence-electron chi connectivity index (χ2n) is 3.98. The van der Waals surface area contributed by atoms with Gasteiger partial charge in [-0.3, -0.25) is 0 Å². The van der Waals surface area contributed by atoms with Crippen molar-refractivity contribution in [3.05, 3.63) is 46.1 Å². The number of carbonyl (C=O) groups is 1. The van der Waals surface area contributed by atoms with Crippen molar-refractivity contribution in [3.8, 4) is 11.6 Å². The Morgan fingerprint density at radius 2 is 2.14 bits per heavy atom. The van der Waals surface area contributed by atoms with Gasteiger partial charge in [-0.05, 0) is 19.1 Å². The first-order valence-electron chi connectivity index (χ1n) is 6.07. The first-order valence-corrected chi connectivity index (χ1v) is 6.83. The number of nitrogen functional groups attached to an aromatic ring is 1. The van der Waals surface area contributed by atoms with E-state index in [4.69, 9.17) is 38.4 Å². The first kappa shape index (κ1) is 15.4. The zero-order valence-electron chi connectivity index (χ0n) is 11.1. The van der Waals surface area contributed by atoms with E-state index in [-0.39, 0.29) is 28.8 Å². The summed E-state index contributed by atoms with van der Waals surface area (Å²) < 4.78 is 10.4. The average molecular weight is 327 g/mol. The summed E-state index contributed by atoms with van der Waals surface area (Å²) in [6.07, 6.45) is 1.32. The number of nitrogens with zero attached hydrogens (tertiary/aromatic N) is 1. The zero-order chi connectivity index (χ0) is 15.4. The van der Waals surface area contributed by atoms with Gasteiger partial charge >= 0.3 is 5.97 Å². The van der Waals surface area contributed by atoms with Crippen molar-refractivity contribution < 1.29 is 14.3 Å². The fourth-order valence-corrected chi connectivity index (χ4v) is 1.89. The zero-order valence-corrected chi connectivity index (χ0v) is 12.6. The third-order valence-corrected chi connectivity index (χ3v) is 3.34. The second kappa shape index (κ2) is 6.65. The van der Waals surface area contributed by atoms with Crippen molar-refractivity contribution in [1.29, 1.82) is 0 Å². The summed E-state index contributed by atoms with van der Waals surface area (Å²) in [5.74, 6) is -0.0490. The molecule has 0 bridgehead atoms. The number of aromatic nitrogens is 1. The van der Waals surface area contributed by atoms with Crippen LogP contribution in [-0.2, 0) is 4.74 Å². The van der Waals surface area contributed by atoms with E-state index in [0.29, 0.717) is 10.8 Å². The van der Waals surface area contributed by atoms with Gasteiger partial charge in [0.25, 0.3) is 0 Å². The van der Waals surface area contributed by atoms with E-state index < -0.39 is 5.97 Å². The molecule has 0 amide bonds. The van der Waals surface area contributed by atoms with Crippen molar-refractivity contribution in [2.45, 2.75) is 6.92 Å². The highest BCUT2D eigenvalue weighted by Gasteiger charge is 2.14. The molecule has 0 spiro atoms. The number of halogens is 2. The van der Waals surface area contributed by atoms with E-state index in [1.807, 2.05) is 0 Å². The number of benzene rings is 1. The van der Waals surface area contributed by atoms with E-state index in [1.54, 1.807) is 25.1 Å². The Morgan fingerprint density at radius 1 is 1.38 bits per heavy atom. The van der Waals surface area contributed by atoms with Crippen LogP contribution < -0.4 is 10.5 Å². The minimum atomic E-state index is -0.542. The highest BCUT2D eigenvalue weighted by Crippen LogP contribution is 2.34. The maximum absolute atomic E-state index is 11.8. The molecule has 5 nitrogen and oxygen atoms in total. The fourth-order valence-electron chi connectivity index (χ4n) is 1.56. The summed E-state index contributed by atoms with van der Waals surface area (Å²) >= 11 is 11.9. The van der Waals surface area contributed by atoms with Gasteiger partial charge in [-0.15, -0.1) is 0 Å². The predicted molar refractivity (Wildman–Crippen MR) is 81.1 cm³/mol. The van der Waals surface area contributed by atoms with Gasteiger partial charge in [0.15, 0.2) is 0 Å². The largest absolute Gasteiger partial charge is 0.462 e. The minimum Gasteiger partial charge on any atom is -0.462 e. The van der Waals surface area contributed by atoms with E-state index >= 15 is 0 Å². The van der Waals surface area contributed by atoms with Crippen LogP contribution in [0.25, 0.3) is 0 Å². The summed E-state index contributed by atoms with van der Waals surface area (Å²) in [6.45, 7) is 1.95. The number of nitrogens with two attached hydrogens (primary N) is 1. The van der Waals surface area contributed by atoms with Gasteiger partial charge in [0.05, 0.1) is 29.1 Å². The monoisotopic (exact) mass is 326 g/mol. The summed E-state index contributed by atoms with van der Waals surface area (Å²) in [5.41, 5.74) is 6.09. The minimum absolute atomic E-state index is 0.163. The Balaban J connectivity index is 2.31. The van der Waals surface area contributed by atoms with Gasteiger partial charge in [0.2, 0.25) is 5.88 Å². The molecular formula is C14H12Cl2N2O3. The van der Waals surface area contributed by atoms with Crippen LogP contribution in [0.2, 0.25) is 10.0 Å². The lowest BCUT2D eigenvalue weighted by Crippen LogP contribution is -2.08. The molecule has 2 rings (SSSR count). The Morgan fingerprint density at radius 3 is 2.86 bits per heavy atom. The summed E-state index contributed by atoms with van der Waals surface area (Å²) in [5, 5.41) is 0.616. The molecule has 0 aliphatic rings. The fraction of sp³-hybridized carbons (Fsp3) is 0.143. The molecule has 0 unspecified atom stereocenters. The van der Waals surface area contributed by atoms with Crippen LogP contribution in [0, 0.1) is 0 Å². The molecule has 0 saturated heterocycles. The Hall–Kier alpha value is -1.98. The van der Waals surface area contributed by atoms with Crippen LogP contribution in [0.4, 0.5) is 5.69 Å². The van der Waals surface area contributed by atoms with Gasteiger partial charge < -0.3 is 15.2 Å². The second-order valence-corrected chi connectivity index (χ2v) is 4.77. The lowest BCUT2D eigenvalue weighted by Gasteiger charge is -2.10. The molecule has 110 valence electrons. The van der Waals surface area contributed by atoms with Crippen LogP contribution >= 0.6 is 23.2 Å². The van der Waals surface area contributed by atoms with Gasteiger partial charge in [-0.1, -0.05) is 29.3 Å². The van der Waals surface area contributed by atoms with Gasteiger partial charge in [0.1, 0.15) is 10.8 Å². The molecule has 1 aromatic heterocycles. The Bertz CT molecular complexity index is 677. The van der Waals surface area contributed by atoms with Crippen LogP contribution in [0.15, 0.2) is 30.5 Å². The highest BCUT2D eigenvalue weighted by molar-refractivity contribution is 6.42. The molecule has 7 heteroatoms. The van der Waals surface area contributed by atoms with Crippen LogP contribution in [0.1, 0.15) is 17.3 Å². The quantitative estimate of drug-likeness (QED) is 0.861. The number of esters is 1. The molecule has 0 radical (unpaired) electrons. The topological polar surface area (TPSA) is 74.4 Å². The van der Waals surface area contributed by atoms with Crippen LogP contribution in [0.3, 0.4) is 0 Å². The SMILES string of the molecule is CCOC(=O)c1cc(Oc2cccc(Cl)c2Cl)ncc1N. The van der Waals surface area contributed by atoms with E-state index in [9.17, 15) is 4.79 Å². The van der Waals surface area contributed by atoms with Crippen LogP contribution in [0.5, 0.6) is 11.6 Å². The van der Waals surface area contributed by atoms with Gasteiger partial charge in [-0.2, -0.15) is 0 Å². The molecule has 21 heavy (non-hydrogen) atoms. The third kappa shape index (κ3) is 3.56. The first-order chi connectivity index (χ1) is 10.0. The maximum Gasteiger partial charge on any atom is 0.340 e. The van der Waals surface area contributed by atoms with E-state index in [0.717, 1.165) is 0 Å². The van der Waals surface area contributed by atoms with Crippen molar-refractivity contribution in [3.63, 3.8) is 0 Å². The number of pyridine rings is 1. The molecular weight excluding hydrogens is 315 g/mol. The normalized spacial score (nSPS) is 10.2. The molecule has 0 fully saturated rings. The number of anilines is 1. The number of hydrogen-bond donors (Lipinski definition) is 1. The van der Waals surface area contributed by atoms with Gasteiger partial charge in [0, 0.05) is 6.07 Å². The number of carbonyl (C=O) groups excluding carboxylic acids is 1. The van der Waals surface area contributed by atoms with Crippen molar-refractivity contribution in [1.82, 2.24) is 4.98 Å². The molecule has 1 aromatic carbocycles. The number of ether oxygens (including phenoxy) is 2. The van der Waals surface area contributed by atoms with Crippen molar-refractivity contribution in [2.75, 3.05) is 12.3 Å². The van der Waals surface area contributed by atoms with Crippen molar-refractivity contribution in [2.24, 2.45) is 0 Å². The Kier molecular flexibility index (Phi) is 4.88. The summed E-state index contributed by atoms with van der Waals surface area (Å²) in [6, 6.07) is 6.35. The summed E-state index contributed by atoms with van der Waals surface area (Å²) in [4.78, 5) is 15.7.